The van der Waals surface area contributed by atoms with Gasteiger partial charge in [0.15, 0.2) is 5.96 Å². The number of aliphatic imine (C=N–C) groups is 1. The van der Waals surface area contributed by atoms with E-state index in [-0.39, 0.29) is 0 Å². The molecule has 0 spiro atoms. The van der Waals surface area contributed by atoms with Gasteiger partial charge in [0.1, 0.15) is 0 Å². The highest BCUT2D eigenvalue weighted by Crippen LogP contribution is 2.17. The second-order valence-corrected chi connectivity index (χ2v) is 7.26. The number of guanidine groups is 1. The zero-order valence-electron chi connectivity index (χ0n) is 15.4. The summed E-state index contributed by atoms with van der Waals surface area (Å²) in [5, 5.41) is 3.39. The molecular weight excluding hydrogens is 310 g/mol. The molecule has 3 rings (SSSR count). The average Bonchev–Trinajstić information content (AvgIpc) is 2.67. The summed E-state index contributed by atoms with van der Waals surface area (Å²) >= 11 is 0. The van der Waals surface area contributed by atoms with Crippen molar-refractivity contribution in [1.29, 1.82) is 0 Å². The van der Waals surface area contributed by atoms with Gasteiger partial charge in [-0.1, -0.05) is 37.5 Å². The van der Waals surface area contributed by atoms with Gasteiger partial charge in [0, 0.05) is 51.0 Å². The Labute approximate surface area is 152 Å². The molecule has 5 heteroatoms. The lowest BCUT2D eigenvalue weighted by atomic mass is 9.96. The first-order valence-electron chi connectivity index (χ1n) is 9.90. The molecule has 1 saturated heterocycles. The topological polar surface area (TPSA) is 56.9 Å². The van der Waals surface area contributed by atoms with Crippen LogP contribution in [0.4, 0.5) is 5.69 Å². The van der Waals surface area contributed by atoms with Crippen molar-refractivity contribution >= 4 is 11.6 Å². The summed E-state index contributed by atoms with van der Waals surface area (Å²) in [5.41, 5.74) is 7.37. The van der Waals surface area contributed by atoms with Crippen LogP contribution in [-0.2, 0) is 0 Å². The van der Waals surface area contributed by atoms with Gasteiger partial charge in [0.05, 0.1) is 0 Å². The highest BCUT2D eigenvalue weighted by atomic mass is 15.3. The first-order valence-corrected chi connectivity index (χ1v) is 9.90. The summed E-state index contributed by atoms with van der Waals surface area (Å²) in [4.78, 5) is 9.53. The maximum Gasteiger partial charge on any atom is 0.188 e. The van der Waals surface area contributed by atoms with Crippen LogP contribution in [0.3, 0.4) is 0 Å². The summed E-state index contributed by atoms with van der Waals surface area (Å²) in [6, 6.07) is 11.3. The Kier molecular flexibility index (Phi) is 6.98. The van der Waals surface area contributed by atoms with Crippen molar-refractivity contribution in [3.05, 3.63) is 30.3 Å². The number of para-hydroxylation sites is 1. The van der Waals surface area contributed by atoms with Crippen molar-refractivity contribution in [3.63, 3.8) is 0 Å². The molecule has 3 N–H and O–H groups in total. The lowest BCUT2D eigenvalue weighted by molar-refractivity contribution is 0.256. The van der Waals surface area contributed by atoms with Gasteiger partial charge in [0.2, 0.25) is 0 Å². The minimum Gasteiger partial charge on any atom is -0.370 e. The lowest BCUT2D eigenvalue weighted by Crippen LogP contribution is -2.46. The third-order valence-corrected chi connectivity index (χ3v) is 5.37. The van der Waals surface area contributed by atoms with E-state index < -0.39 is 0 Å². The average molecular weight is 344 g/mol. The molecule has 25 heavy (non-hydrogen) atoms. The number of rotatable bonds is 6. The summed E-state index contributed by atoms with van der Waals surface area (Å²) < 4.78 is 0. The first kappa shape index (κ1) is 18.1. The SMILES string of the molecule is NC(=NCCCN1CCN(c2ccccc2)CC1)NC1CCCCC1. The van der Waals surface area contributed by atoms with Gasteiger partial charge in [-0.15, -0.1) is 0 Å². The standard InChI is InChI=1S/C20H33N5/c21-20(23-18-8-3-1-4-9-18)22-12-7-13-24-14-16-25(17-15-24)19-10-5-2-6-11-19/h2,5-6,10-11,18H,1,3-4,7-9,12-17H2,(H3,21,22,23). The smallest absolute Gasteiger partial charge is 0.188 e. The molecule has 0 atom stereocenters. The first-order chi connectivity index (χ1) is 12.3. The monoisotopic (exact) mass is 343 g/mol. The van der Waals surface area contributed by atoms with E-state index in [0.717, 1.165) is 45.7 Å². The Balaban J connectivity index is 1.30. The van der Waals surface area contributed by atoms with Crippen molar-refractivity contribution in [2.75, 3.05) is 44.2 Å². The maximum atomic E-state index is 6.02. The van der Waals surface area contributed by atoms with Crippen molar-refractivity contribution in [2.24, 2.45) is 10.7 Å². The Bertz CT molecular complexity index is 516. The van der Waals surface area contributed by atoms with Crippen LogP contribution in [0, 0.1) is 0 Å². The highest BCUT2D eigenvalue weighted by molar-refractivity contribution is 5.78. The van der Waals surface area contributed by atoms with E-state index in [9.17, 15) is 0 Å². The third kappa shape index (κ3) is 5.92. The second kappa shape index (κ2) is 9.66. The predicted molar refractivity (Wildman–Crippen MR) is 106 cm³/mol. The predicted octanol–water partition coefficient (Wildman–Crippen LogP) is 2.44. The molecule has 0 amide bonds. The van der Waals surface area contributed by atoms with Crippen LogP contribution >= 0.6 is 0 Å². The summed E-state index contributed by atoms with van der Waals surface area (Å²) in [6.45, 7) is 6.42. The van der Waals surface area contributed by atoms with Crippen LogP contribution in [0.1, 0.15) is 38.5 Å². The molecular formula is C20H33N5. The van der Waals surface area contributed by atoms with E-state index in [1.54, 1.807) is 0 Å². The summed E-state index contributed by atoms with van der Waals surface area (Å²) in [5.74, 6) is 0.640. The fourth-order valence-corrected chi connectivity index (χ4v) is 3.86. The van der Waals surface area contributed by atoms with E-state index in [1.165, 1.54) is 37.8 Å². The van der Waals surface area contributed by atoms with Crippen molar-refractivity contribution < 1.29 is 0 Å². The number of nitrogens with one attached hydrogen (secondary N) is 1. The fraction of sp³-hybridized carbons (Fsp3) is 0.650. The van der Waals surface area contributed by atoms with E-state index >= 15 is 0 Å². The molecule has 2 fully saturated rings. The molecule has 1 aliphatic carbocycles. The number of nitrogens with zero attached hydrogens (tertiary/aromatic N) is 3. The van der Waals surface area contributed by atoms with Gasteiger partial charge in [0.25, 0.3) is 0 Å². The molecule has 0 bridgehead atoms. The van der Waals surface area contributed by atoms with Crippen LogP contribution in [0.2, 0.25) is 0 Å². The van der Waals surface area contributed by atoms with Crippen molar-refractivity contribution in [1.82, 2.24) is 10.2 Å². The molecule has 138 valence electrons. The Morgan fingerprint density at radius 3 is 2.48 bits per heavy atom. The zero-order valence-corrected chi connectivity index (χ0v) is 15.4. The molecule has 2 aliphatic rings. The van der Waals surface area contributed by atoms with Crippen molar-refractivity contribution in [2.45, 2.75) is 44.6 Å². The Morgan fingerprint density at radius 1 is 1.04 bits per heavy atom. The third-order valence-electron chi connectivity index (χ3n) is 5.37. The minimum absolute atomic E-state index is 0.545. The zero-order chi connectivity index (χ0) is 17.3. The number of nitrogens with two attached hydrogens (primary N) is 1. The minimum atomic E-state index is 0.545. The second-order valence-electron chi connectivity index (χ2n) is 7.26. The molecule has 0 aromatic heterocycles. The van der Waals surface area contributed by atoms with Gasteiger partial charge in [-0.2, -0.15) is 0 Å². The maximum absolute atomic E-state index is 6.02. The van der Waals surface area contributed by atoms with Crippen LogP contribution in [0.15, 0.2) is 35.3 Å². The molecule has 0 radical (unpaired) electrons. The quantitative estimate of drug-likeness (QED) is 0.473. The van der Waals surface area contributed by atoms with Crippen LogP contribution in [0.25, 0.3) is 0 Å². The van der Waals surface area contributed by atoms with Crippen LogP contribution < -0.4 is 16.0 Å². The van der Waals surface area contributed by atoms with Gasteiger partial charge in [-0.3, -0.25) is 9.89 Å². The van der Waals surface area contributed by atoms with Gasteiger partial charge < -0.3 is 16.0 Å². The number of benzene rings is 1. The molecule has 0 unspecified atom stereocenters. The molecule has 1 heterocycles. The van der Waals surface area contributed by atoms with E-state index in [2.05, 4.69) is 50.4 Å². The molecule has 1 aliphatic heterocycles. The molecule has 5 nitrogen and oxygen atoms in total. The molecule has 1 aromatic carbocycles. The fourth-order valence-electron chi connectivity index (χ4n) is 3.86. The number of hydrogen-bond donors (Lipinski definition) is 2. The normalized spacial score (nSPS) is 20.6. The highest BCUT2D eigenvalue weighted by Gasteiger charge is 2.16. The largest absolute Gasteiger partial charge is 0.370 e. The van der Waals surface area contributed by atoms with Gasteiger partial charge in [-0.25, -0.2) is 0 Å². The number of hydrogen-bond acceptors (Lipinski definition) is 3. The van der Waals surface area contributed by atoms with E-state index in [4.69, 9.17) is 5.73 Å². The van der Waals surface area contributed by atoms with Crippen LogP contribution in [-0.4, -0.2) is 56.2 Å². The number of anilines is 1. The number of piperazine rings is 1. The van der Waals surface area contributed by atoms with Gasteiger partial charge >= 0.3 is 0 Å². The van der Waals surface area contributed by atoms with E-state index in [1.807, 2.05) is 0 Å². The molecule has 1 aromatic rings. The lowest BCUT2D eigenvalue weighted by Gasteiger charge is -2.36. The Hall–Kier alpha value is -1.75. The van der Waals surface area contributed by atoms with Gasteiger partial charge in [-0.05, 0) is 31.4 Å². The summed E-state index contributed by atoms with van der Waals surface area (Å²) in [7, 11) is 0. The molecule has 1 saturated carbocycles. The van der Waals surface area contributed by atoms with E-state index in [0.29, 0.717) is 12.0 Å². The van der Waals surface area contributed by atoms with Crippen molar-refractivity contribution in [3.8, 4) is 0 Å². The Morgan fingerprint density at radius 2 is 1.76 bits per heavy atom. The summed E-state index contributed by atoms with van der Waals surface area (Å²) in [6.07, 6.45) is 7.56. The van der Waals surface area contributed by atoms with Crippen LogP contribution in [0.5, 0.6) is 0 Å².